The van der Waals surface area contributed by atoms with E-state index in [0.717, 1.165) is 61.1 Å². The molecule has 3 heterocycles. The van der Waals surface area contributed by atoms with E-state index < -0.39 is 0 Å². The lowest BCUT2D eigenvalue weighted by molar-refractivity contribution is 0.0952. The maximum absolute atomic E-state index is 11.9. The highest BCUT2D eigenvalue weighted by Crippen LogP contribution is 2.24. The molecule has 8 nitrogen and oxygen atoms in total. The van der Waals surface area contributed by atoms with Crippen LogP contribution in [0.15, 0.2) is 6.20 Å². The maximum Gasteiger partial charge on any atom is 0.288 e. The van der Waals surface area contributed by atoms with Crippen LogP contribution in [0.25, 0.3) is 0 Å². The van der Waals surface area contributed by atoms with E-state index in [2.05, 4.69) is 42.4 Å². The van der Waals surface area contributed by atoms with Gasteiger partial charge in [0.1, 0.15) is 11.6 Å². The van der Waals surface area contributed by atoms with Crippen LogP contribution in [0, 0.1) is 13.8 Å². The molecule has 8 heteroatoms. The van der Waals surface area contributed by atoms with Crippen LogP contribution in [0.1, 0.15) is 46.7 Å². The van der Waals surface area contributed by atoms with E-state index >= 15 is 0 Å². The van der Waals surface area contributed by atoms with E-state index in [-0.39, 0.29) is 11.7 Å². The third-order valence-corrected chi connectivity index (χ3v) is 4.90. The van der Waals surface area contributed by atoms with Gasteiger partial charge < -0.3 is 20.5 Å². The first-order valence-corrected chi connectivity index (χ1v) is 9.10. The van der Waals surface area contributed by atoms with Gasteiger partial charge in [0.15, 0.2) is 0 Å². The highest BCUT2D eigenvalue weighted by atomic mass is 16.2. The van der Waals surface area contributed by atoms with Crippen molar-refractivity contribution in [3.8, 4) is 0 Å². The number of rotatable bonds is 6. The van der Waals surface area contributed by atoms with E-state index in [1.54, 1.807) is 7.05 Å². The zero-order chi connectivity index (χ0) is 18.7. The summed E-state index contributed by atoms with van der Waals surface area (Å²) in [5.41, 5.74) is 3.02. The second kappa shape index (κ2) is 7.82. The summed E-state index contributed by atoms with van der Waals surface area (Å²) in [5.74, 6) is 1.79. The number of carbonyl (C=O) groups excluding carboxylic acids is 1. The summed E-state index contributed by atoms with van der Waals surface area (Å²) in [7, 11) is 1.59. The summed E-state index contributed by atoms with van der Waals surface area (Å²) >= 11 is 0. The van der Waals surface area contributed by atoms with Crippen molar-refractivity contribution in [3.63, 3.8) is 0 Å². The number of hydrogen-bond acceptors (Lipinski definition) is 6. The topological polar surface area (TPSA) is 98.8 Å². The minimum absolute atomic E-state index is 0.227. The fourth-order valence-electron chi connectivity index (χ4n) is 3.17. The van der Waals surface area contributed by atoms with Gasteiger partial charge in [-0.2, -0.15) is 0 Å². The number of hydrogen-bond donors (Lipinski definition) is 3. The number of amides is 1. The molecular weight excluding hydrogens is 330 g/mol. The molecule has 3 N–H and O–H groups in total. The second-order valence-corrected chi connectivity index (χ2v) is 6.68. The molecular formula is C18H27N7O. The number of imidazole rings is 1. The predicted octanol–water partition coefficient (Wildman–Crippen LogP) is 1.11. The highest BCUT2D eigenvalue weighted by Gasteiger charge is 2.26. The van der Waals surface area contributed by atoms with Crippen LogP contribution in [0.5, 0.6) is 0 Å². The first-order valence-electron chi connectivity index (χ1n) is 9.10. The number of aryl methyl sites for hydroxylation is 2. The van der Waals surface area contributed by atoms with Gasteiger partial charge in [-0.05, 0) is 26.7 Å². The molecule has 0 spiro atoms. The lowest BCUT2D eigenvalue weighted by Crippen LogP contribution is -2.33. The number of aromatic amines is 1. The molecule has 1 saturated heterocycles. The number of aromatic nitrogens is 4. The van der Waals surface area contributed by atoms with Crippen molar-refractivity contribution in [1.29, 1.82) is 0 Å². The molecule has 1 aliphatic rings. The number of nitrogens with one attached hydrogen (secondary N) is 3. The van der Waals surface area contributed by atoms with Gasteiger partial charge in [0.25, 0.3) is 5.91 Å². The van der Waals surface area contributed by atoms with E-state index in [1.165, 1.54) is 0 Å². The fourth-order valence-corrected chi connectivity index (χ4v) is 3.17. The van der Waals surface area contributed by atoms with Crippen molar-refractivity contribution < 1.29 is 4.79 Å². The molecule has 3 rings (SSSR count). The summed E-state index contributed by atoms with van der Waals surface area (Å²) in [6.07, 6.45) is 3.88. The van der Waals surface area contributed by atoms with Crippen molar-refractivity contribution in [2.75, 3.05) is 25.0 Å². The molecule has 0 saturated carbocycles. The summed E-state index contributed by atoms with van der Waals surface area (Å²) in [6.45, 7) is 8.52. The van der Waals surface area contributed by atoms with E-state index in [1.807, 2.05) is 20.0 Å². The Bertz CT molecular complexity index is 786. The van der Waals surface area contributed by atoms with Gasteiger partial charge in [-0.15, -0.1) is 0 Å². The summed E-state index contributed by atoms with van der Waals surface area (Å²) in [5, 5.41) is 6.15. The molecule has 2 aromatic rings. The zero-order valence-electron chi connectivity index (χ0n) is 15.9. The number of carbonyl (C=O) groups is 1. The Labute approximate surface area is 153 Å². The monoisotopic (exact) mass is 357 g/mol. The van der Waals surface area contributed by atoms with Crippen molar-refractivity contribution in [2.45, 2.75) is 46.2 Å². The standard InChI is InChI=1S/C18H27N7O/c1-5-13-8-21-15(23-13)9-20-14-6-7-25(10-14)17-11(2)12(3)22-16(24-17)18(26)19-4/h8,14,20H,5-7,9-10H2,1-4H3,(H,19,26)(H,21,23)/t14-/m1/s1. The van der Waals surface area contributed by atoms with Gasteiger partial charge in [0, 0.05) is 49.3 Å². The highest BCUT2D eigenvalue weighted by molar-refractivity contribution is 5.90. The van der Waals surface area contributed by atoms with Gasteiger partial charge in [-0.25, -0.2) is 15.0 Å². The molecule has 1 amide bonds. The predicted molar refractivity (Wildman–Crippen MR) is 100 cm³/mol. The molecule has 0 radical (unpaired) electrons. The molecule has 1 aliphatic heterocycles. The van der Waals surface area contributed by atoms with Crippen LogP contribution in [0.4, 0.5) is 5.82 Å². The Morgan fingerprint density at radius 3 is 2.88 bits per heavy atom. The molecule has 0 aliphatic carbocycles. The molecule has 140 valence electrons. The van der Waals surface area contributed by atoms with Crippen LogP contribution < -0.4 is 15.5 Å². The smallest absolute Gasteiger partial charge is 0.288 e. The van der Waals surface area contributed by atoms with Crippen molar-refractivity contribution >= 4 is 11.7 Å². The summed E-state index contributed by atoms with van der Waals surface area (Å²) in [6, 6.07) is 0.364. The third-order valence-electron chi connectivity index (χ3n) is 4.90. The molecule has 0 aromatic carbocycles. The van der Waals surface area contributed by atoms with Gasteiger partial charge in [-0.3, -0.25) is 4.79 Å². The zero-order valence-corrected chi connectivity index (χ0v) is 15.9. The SMILES string of the molecule is CCc1cnc(CN[C@@H]2CCN(c3nc(C(=O)NC)nc(C)c3C)C2)[nH]1. The quantitative estimate of drug-likeness (QED) is 0.716. The molecule has 0 unspecified atom stereocenters. The van der Waals surface area contributed by atoms with Gasteiger partial charge in [0.05, 0.1) is 6.54 Å². The molecule has 26 heavy (non-hydrogen) atoms. The molecule has 1 atom stereocenters. The lowest BCUT2D eigenvalue weighted by atomic mass is 10.2. The Hall–Kier alpha value is -2.48. The Balaban J connectivity index is 1.66. The van der Waals surface area contributed by atoms with Gasteiger partial charge in [-0.1, -0.05) is 6.92 Å². The van der Waals surface area contributed by atoms with E-state index in [4.69, 9.17) is 0 Å². The van der Waals surface area contributed by atoms with Crippen LogP contribution in [0.2, 0.25) is 0 Å². The normalized spacial score (nSPS) is 16.9. The van der Waals surface area contributed by atoms with Crippen molar-refractivity contribution in [3.05, 3.63) is 34.8 Å². The van der Waals surface area contributed by atoms with Crippen molar-refractivity contribution in [2.24, 2.45) is 0 Å². The average molecular weight is 357 g/mol. The number of H-pyrrole nitrogens is 1. The van der Waals surface area contributed by atoms with Gasteiger partial charge in [0.2, 0.25) is 5.82 Å². The van der Waals surface area contributed by atoms with Crippen LogP contribution in [-0.2, 0) is 13.0 Å². The van der Waals surface area contributed by atoms with Crippen molar-refractivity contribution in [1.82, 2.24) is 30.6 Å². The summed E-state index contributed by atoms with van der Waals surface area (Å²) in [4.78, 5) is 30.7. The Morgan fingerprint density at radius 2 is 2.19 bits per heavy atom. The first kappa shape index (κ1) is 18.3. The van der Waals surface area contributed by atoms with Crippen LogP contribution in [-0.4, -0.2) is 52.0 Å². The lowest BCUT2D eigenvalue weighted by Gasteiger charge is -2.21. The number of anilines is 1. The van der Waals surface area contributed by atoms with E-state index in [0.29, 0.717) is 6.04 Å². The Morgan fingerprint density at radius 1 is 1.38 bits per heavy atom. The fraction of sp³-hybridized carbons (Fsp3) is 0.556. The minimum Gasteiger partial charge on any atom is -0.355 e. The maximum atomic E-state index is 11.9. The van der Waals surface area contributed by atoms with Crippen LogP contribution in [0.3, 0.4) is 0 Å². The third kappa shape index (κ3) is 3.85. The minimum atomic E-state index is -0.257. The molecule has 1 fully saturated rings. The Kier molecular flexibility index (Phi) is 5.51. The first-order chi connectivity index (χ1) is 12.5. The van der Waals surface area contributed by atoms with Gasteiger partial charge >= 0.3 is 0 Å². The van der Waals surface area contributed by atoms with E-state index in [9.17, 15) is 4.79 Å². The average Bonchev–Trinajstić information content (AvgIpc) is 3.30. The van der Waals surface area contributed by atoms with Crippen LogP contribution >= 0.6 is 0 Å². The second-order valence-electron chi connectivity index (χ2n) is 6.68. The molecule has 0 bridgehead atoms. The summed E-state index contributed by atoms with van der Waals surface area (Å²) < 4.78 is 0. The molecule has 2 aromatic heterocycles. The number of nitrogens with zero attached hydrogens (tertiary/aromatic N) is 4. The largest absolute Gasteiger partial charge is 0.355 e.